The predicted octanol–water partition coefficient (Wildman–Crippen LogP) is 5.78. The molecule has 3 unspecified atom stereocenters. The average Bonchev–Trinajstić information content (AvgIpc) is 2.56. The zero-order valence-corrected chi connectivity index (χ0v) is 16.3. The molecule has 1 heterocycles. The van der Waals surface area contributed by atoms with Crippen molar-refractivity contribution in [2.45, 2.75) is 83.2 Å². The molecule has 1 aliphatic heterocycles. The van der Waals surface area contributed by atoms with Crippen LogP contribution in [0.5, 0.6) is 0 Å². The van der Waals surface area contributed by atoms with Crippen molar-refractivity contribution in [3.05, 3.63) is 23.8 Å². The summed E-state index contributed by atoms with van der Waals surface area (Å²) >= 11 is 2.26. The molecule has 0 aromatic rings. The maximum atomic E-state index is 4.97. The minimum absolute atomic E-state index is 0.0818. The molecule has 0 saturated heterocycles. The van der Waals surface area contributed by atoms with Crippen molar-refractivity contribution < 1.29 is 0 Å². The third-order valence-corrected chi connectivity index (χ3v) is 5.98. The lowest BCUT2D eigenvalue weighted by molar-refractivity contribution is 0.315. The van der Waals surface area contributed by atoms with Crippen molar-refractivity contribution in [3.63, 3.8) is 0 Å². The lowest BCUT2D eigenvalue weighted by atomic mass is 9.75. The van der Waals surface area contributed by atoms with Crippen LogP contribution in [-0.2, 0) is 0 Å². The molecule has 0 aromatic carbocycles. The predicted molar refractivity (Wildman–Crippen MR) is 106 cm³/mol. The van der Waals surface area contributed by atoms with Gasteiger partial charge in [-0.05, 0) is 44.6 Å². The second-order valence-electron chi connectivity index (χ2n) is 7.05. The van der Waals surface area contributed by atoms with E-state index in [2.05, 4.69) is 64.7 Å². The Morgan fingerprint density at radius 3 is 2.64 bits per heavy atom. The van der Waals surface area contributed by atoms with Crippen molar-refractivity contribution in [2.24, 2.45) is 10.9 Å². The number of nitrogens with one attached hydrogen (secondary N) is 1. The fourth-order valence-electron chi connectivity index (χ4n) is 3.45. The summed E-state index contributed by atoms with van der Waals surface area (Å²) in [6.45, 7) is 4.60. The van der Waals surface area contributed by atoms with Gasteiger partial charge in [0.15, 0.2) is 0 Å². The number of nitrogens with zero attached hydrogens (tertiary/aromatic N) is 1. The zero-order chi connectivity index (χ0) is 15.8. The van der Waals surface area contributed by atoms with E-state index in [0.717, 1.165) is 6.42 Å². The molecular weight excluding hydrogens is 383 g/mol. The first-order chi connectivity index (χ1) is 10.7. The van der Waals surface area contributed by atoms with Crippen molar-refractivity contribution in [2.75, 3.05) is 0 Å². The monoisotopic (exact) mass is 414 g/mol. The quantitative estimate of drug-likeness (QED) is 0.232. The first-order valence-corrected chi connectivity index (χ1v) is 10.0. The van der Waals surface area contributed by atoms with Gasteiger partial charge in [0.2, 0.25) is 0 Å². The smallest absolute Gasteiger partial charge is 0.0676 e. The van der Waals surface area contributed by atoms with Crippen LogP contribution in [0.15, 0.2) is 28.8 Å². The van der Waals surface area contributed by atoms with Gasteiger partial charge in [0, 0.05) is 41.0 Å². The number of rotatable bonds is 8. The number of aliphatic imine (C=N–C) groups is 1. The Labute approximate surface area is 150 Å². The van der Waals surface area contributed by atoms with Gasteiger partial charge in [-0.3, -0.25) is 8.52 Å². The Balaban J connectivity index is 1.79. The van der Waals surface area contributed by atoms with Gasteiger partial charge >= 0.3 is 0 Å². The van der Waals surface area contributed by atoms with Crippen molar-refractivity contribution in [3.8, 4) is 0 Å². The summed E-state index contributed by atoms with van der Waals surface area (Å²) in [7, 11) is 0. The summed E-state index contributed by atoms with van der Waals surface area (Å²) in [5.41, 5.74) is 1.54. The highest BCUT2D eigenvalue weighted by molar-refractivity contribution is 14.1. The zero-order valence-electron chi connectivity index (χ0n) is 14.2. The van der Waals surface area contributed by atoms with E-state index >= 15 is 0 Å². The van der Waals surface area contributed by atoms with Crippen molar-refractivity contribution >= 4 is 29.1 Å². The van der Waals surface area contributed by atoms with Crippen LogP contribution >= 0.6 is 22.9 Å². The van der Waals surface area contributed by atoms with Gasteiger partial charge in [0.25, 0.3) is 0 Å². The molecule has 1 aliphatic carbocycles. The van der Waals surface area contributed by atoms with Gasteiger partial charge in [-0.2, -0.15) is 0 Å². The standard InChI is InChI=1S/C19H31IN2/c1-3-4-5-6-7-8-16-13-14-19(2,21-15-16)17-9-11-18(22-20)12-10-17/h9,11,13,15,17-18,22H,3-8,10,12,14H2,1-2H3. The highest BCUT2D eigenvalue weighted by Gasteiger charge is 2.34. The maximum Gasteiger partial charge on any atom is 0.0676 e. The first-order valence-electron chi connectivity index (χ1n) is 8.96. The fourth-order valence-corrected chi connectivity index (χ4v) is 3.97. The molecule has 2 nitrogen and oxygen atoms in total. The van der Waals surface area contributed by atoms with Crippen LogP contribution in [0.2, 0.25) is 0 Å². The molecule has 0 fully saturated rings. The van der Waals surface area contributed by atoms with E-state index in [1.165, 1.54) is 56.9 Å². The summed E-state index contributed by atoms with van der Waals surface area (Å²) in [4.78, 5) is 4.97. The lowest BCUT2D eigenvalue weighted by Crippen LogP contribution is -2.36. The van der Waals surface area contributed by atoms with Crippen LogP contribution in [-0.4, -0.2) is 17.8 Å². The normalized spacial score (nSPS) is 31.3. The molecule has 0 amide bonds. The number of hydrogen-bond donors (Lipinski definition) is 1. The summed E-state index contributed by atoms with van der Waals surface area (Å²) in [5.74, 6) is 0.590. The summed E-state index contributed by atoms with van der Waals surface area (Å²) in [6.07, 6.45) is 20.9. The maximum absolute atomic E-state index is 4.97. The molecule has 2 rings (SSSR count). The fraction of sp³-hybridized carbons (Fsp3) is 0.737. The average molecular weight is 414 g/mol. The number of allylic oxidation sites excluding steroid dienone is 1. The topological polar surface area (TPSA) is 24.4 Å². The van der Waals surface area contributed by atoms with Gasteiger partial charge < -0.3 is 0 Å². The van der Waals surface area contributed by atoms with E-state index < -0.39 is 0 Å². The Hall–Kier alpha value is -0.160. The third kappa shape index (κ3) is 5.19. The molecule has 0 aromatic heterocycles. The van der Waals surface area contributed by atoms with E-state index in [9.17, 15) is 0 Å². The van der Waals surface area contributed by atoms with Gasteiger partial charge in [-0.25, -0.2) is 0 Å². The van der Waals surface area contributed by atoms with E-state index in [-0.39, 0.29) is 5.54 Å². The minimum Gasteiger partial charge on any atom is -0.286 e. The second kappa shape index (κ2) is 9.21. The van der Waals surface area contributed by atoms with Crippen LogP contribution < -0.4 is 3.53 Å². The van der Waals surface area contributed by atoms with Gasteiger partial charge in [-0.1, -0.05) is 50.8 Å². The molecule has 0 saturated carbocycles. The number of halogens is 1. The van der Waals surface area contributed by atoms with Gasteiger partial charge in [-0.15, -0.1) is 0 Å². The SMILES string of the molecule is CCCCCCCC1=CCC(C)(C2C=CC(NI)CC2)N=C1. The van der Waals surface area contributed by atoms with E-state index in [0.29, 0.717) is 12.0 Å². The Morgan fingerprint density at radius 2 is 2.05 bits per heavy atom. The van der Waals surface area contributed by atoms with E-state index in [1.807, 2.05) is 0 Å². The number of hydrogen-bond acceptors (Lipinski definition) is 2. The van der Waals surface area contributed by atoms with Crippen molar-refractivity contribution in [1.29, 1.82) is 0 Å². The van der Waals surface area contributed by atoms with Crippen LogP contribution in [0.25, 0.3) is 0 Å². The highest BCUT2D eigenvalue weighted by atomic mass is 127. The molecule has 124 valence electrons. The lowest BCUT2D eigenvalue weighted by Gasteiger charge is -2.36. The van der Waals surface area contributed by atoms with Crippen molar-refractivity contribution in [1.82, 2.24) is 3.53 Å². The molecule has 0 radical (unpaired) electrons. The molecule has 22 heavy (non-hydrogen) atoms. The molecule has 1 N–H and O–H groups in total. The molecule has 3 atom stereocenters. The van der Waals surface area contributed by atoms with Gasteiger partial charge in [0.05, 0.1) is 5.54 Å². The highest BCUT2D eigenvalue weighted by Crippen LogP contribution is 2.36. The summed E-state index contributed by atoms with van der Waals surface area (Å²) < 4.78 is 3.32. The largest absolute Gasteiger partial charge is 0.286 e. The van der Waals surface area contributed by atoms with Gasteiger partial charge in [0.1, 0.15) is 0 Å². The molecular formula is C19H31IN2. The van der Waals surface area contributed by atoms with Crippen LogP contribution in [0.1, 0.15) is 71.6 Å². The molecule has 2 aliphatic rings. The van der Waals surface area contributed by atoms with Crippen LogP contribution in [0.3, 0.4) is 0 Å². The van der Waals surface area contributed by atoms with Crippen LogP contribution in [0.4, 0.5) is 0 Å². The second-order valence-corrected chi connectivity index (χ2v) is 7.67. The third-order valence-electron chi connectivity index (χ3n) is 5.18. The Bertz CT molecular complexity index is 427. The molecule has 0 spiro atoms. The summed E-state index contributed by atoms with van der Waals surface area (Å²) in [6, 6.07) is 0.544. The molecule has 3 heteroatoms. The Morgan fingerprint density at radius 1 is 1.23 bits per heavy atom. The summed E-state index contributed by atoms with van der Waals surface area (Å²) in [5, 5.41) is 0. The van der Waals surface area contributed by atoms with Crippen LogP contribution in [0, 0.1) is 5.92 Å². The number of unbranched alkanes of at least 4 members (excludes halogenated alkanes) is 4. The molecule has 0 bridgehead atoms. The Kier molecular flexibility index (Phi) is 7.61. The minimum atomic E-state index is 0.0818. The number of dihydropyridines is 1. The first kappa shape index (κ1) is 18.2. The van der Waals surface area contributed by atoms with E-state index in [1.54, 1.807) is 0 Å². The van der Waals surface area contributed by atoms with E-state index in [4.69, 9.17) is 4.99 Å².